The van der Waals surface area contributed by atoms with E-state index in [2.05, 4.69) is 50.2 Å². The molecule has 1 aliphatic carbocycles. The molecule has 2 atom stereocenters. The van der Waals surface area contributed by atoms with Crippen LogP contribution >= 0.6 is 0 Å². The summed E-state index contributed by atoms with van der Waals surface area (Å²) in [6.45, 7) is 7.01. The zero-order valence-electron chi connectivity index (χ0n) is 15.2. The van der Waals surface area contributed by atoms with Gasteiger partial charge in [-0.3, -0.25) is 0 Å². The van der Waals surface area contributed by atoms with Gasteiger partial charge in [0.15, 0.2) is 0 Å². The van der Waals surface area contributed by atoms with Gasteiger partial charge in [0, 0.05) is 5.41 Å². The van der Waals surface area contributed by atoms with E-state index in [0.717, 1.165) is 12.8 Å². The summed E-state index contributed by atoms with van der Waals surface area (Å²) in [5, 5.41) is 3.04. The molecular weight excluding hydrogens is 312 g/mol. The van der Waals surface area contributed by atoms with Crippen molar-refractivity contribution in [1.29, 1.82) is 0 Å². The highest BCUT2D eigenvalue weighted by molar-refractivity contribution is 5.47. The molecule has 0 radical (unpaired) electrons. The van der Waals surface area contributed by atoms with Crippen molar-refractivity contribution in [1.82, 2.24) is 0 Å². The monoisotopic (exact) mass is 338 g/mol. The Morgan fingerprint density at radius 2 is 1.56 bits per heavy atom. The van der Waals surface area contributed by atoms with Crippen LogP contribution in [0.4, 0.5) is 5.69 Å². The lowest BCUT2D eigenvalue weighted by molar-refractivity contribution is 0.127. The summed E-state index contributed by atoms with van der Waals surface area (Å²) in [7, 11) is 0. The Morgan fingerprint density at radius 1 is 1.00 bits per heavy atom. The zero-order chi connectivity index (χ0) is 18.1. The van der Waals surface area contributed by atoms with Crippen LogP contribution in [0.25, 0.3) is 0 Å². The Hall–Kier alpha value is -2.20. The van der Waals surface area contributed by atoms with E-state index in [1.807, 2.05) is 24.3 Å². The van der Waals surface area contributed by atoms with E-state index in [4.69, 9.17) is 10.7 Å². The molecule has 132 valence electrons. The molecule has 0 heterocycles. The summed E-state index contributed by atoms with van der Waals surface area (Å²) in [6.07, 6.45) is 3.35. The predicted octanol–water partition coefficient (Wildman–Crippen LogP) is 5.47. The minimum Gasteiger partial charge on any atom is -0.412 e. The highest BCUT2D eigenvalue weighted by Crippen LogP contribution is 2.53. The first-order chi connectivity index (χ1) is 11.9. The lowest BCUT2D eigenvalue weighted by Crippen LogP contribution is -2.41. The fourth-order valence-corrected chi connectivity index (χ4v) is 4.87. The summed E-state index contributed by atoms with van der Waals surface area (Å²) in [5.74, 6) is 6.54. The minimum atomic E-state index is -0.0876. The number of benzene rings is 2. The van der Waals surface area contributed by atoms with E-state index in [1.165, 1.54) is 17.5 Å². The van der Waals surface area contributed by atoms with Crippen LogP contribution in [0, 0.1) is 16.2 Å². The average molecular weight is 338 g/mol. The van der Waals surface area contributed by atoms with Gasteiger partial charge in [0.05, 0.1) is 0 Å². The van der Waals surface area contributed by atoms with Crippen LogP contribution in [0.5, 0.6) is 5.75 Å². The molecule has 0 aromatic heterocycles. The molecule has 0 amide bonds. The van der Waals surface area contributed by atoms with Gasteiger partial charge < -0.3 is 4.84 Å². The van der Waals surface area contributed by atoms with Crippen molar-refractivity contribution in [3.8, 4) is 5.75 Å². The van der Waals surface area contributed by atoms with Crippen molar-refractivity contribution in [2.75, 3.05) is 0 Å². The molecule has 3 rings (SSSR count). The normalized spacial score (nSPS) is 25.4. The average Bonchev–Trinajstić information content (AvgIpc) is 2.60. The van der Waals surface area contributed by atoms with Gasteiger partial charge in [0.25, 0.3) is 0 Å². The molecule has 2 unspecified atom stereocenters. The molecule has 1 fully saturated rings. The summed E-state index contributed by atoms with van der Waals surface area (Å²) in [6, 6.07) is 15.8. The predicted molar refractivity (Wildman–Crippen MR) is 101 cm³/mol. The highest BCUT2D eigenvalue weighted by Gasteiger charge is 2.45. The van der Waals surface area contributed by atoms with Crippen LogP contribution in [-0.4, -0.2) is 0 Å². The molecule has 4 nitrogen and oxygen atoms in total. The summed E-state index contributed by atoms with van der Waals surface area (Å²) < 4.78 is 0. The second-order valence-corrected chi connectivity index (χ2v) is 8.22. The standard InChI is InChI=1S/C21H26N2O2/c1-15-12-20(2,3)14-21(13-15,16-4-8-18(23-24)9-5-16)17-6-10-19(25-22)11-7-17/h4-11,15H,12-14,22H2,1-3H3. The van der Waals surface area contributed by atoms with Crippen LogP contribution < -0.4 is 10.7 Å². The molecule has 2 N–H and O–H groups in total. The number of hydrogen-bond acceptors (Lipinski definition) is 4. The summed E-state index contributed by atoms with van der Waals surface area (Å²) in [4.78, 5) is 15.6. The number of nitrogens with zero attached hydrogens (tertiary/aromatic N) is 1. The quantitative estimate of drug-likeness (QED) is 0.594. The fraction of sp³-hybridized carbons (Fsp3) is 0.429. The minimum absolute atomic E-state index is 0.0876. The number of hydrogen-bond donors (Lipinski definition) is 1. The molecule has 4 heteroatoms. The lowest BCUT2D eigenvalue weighted by Gasteiger charge is -2.48. The van der Waals surface area contributed by atoms with Gasteiger partial charge in [0.2, 0.25) is 0 Å². The first kappa shape index (κ1) is 17.6. The number of nitrogens with two attached hydrogens (primary N) is 1. The maximum Gasteiger partial charge on any atom is 0.146 e. The molecule has 1 saturated carbocycles. The van der Waals surface area contributed by atoms with Gasteiger partial charge in [-0.15, -0.1) is 4.91 Å². The number of nitroso groups, excluding NO2 is 1. The molecule has 0 saturated heterocycles. The number of rotatable bonds is 4. The van der Waals surface area contributed by atoms with E-state index >= 15 is 0 Å². The third kappa shape index (κ3) is 3.45. The Kier molecular flexibility index (Phi) is 4.65. The summed E-state index contributed by atoms with van der Waals surface area (Å²) in [5.41, 5.74) is 3.12. The third-order valence-electron chi connectivity index (χ3n) is 5.45. The maximum atomic E-state index is 10.8. The molecule has 0 aliphatic heterocycles. The smallest absolute Gasteiger partial charge is 0.146 e. The van der Waals surface area contributed by atoms with E-state index in [0.29, 0.717) is 17.4 Å². The zero-order valence-corrected chi connectivity index (χ0v) is 15.2. The van der Waals surface area contributed by atoms with Crippen LogP contribution in [0.3, 0.4) is 0 Å². The van der Waals surface area contributed by atoms with Crippen LogP contribution in [0.1, 0.15) is 51.2 Å². The lowest BCUT2D eigenvalue weighted by atomic mass is 9.55. The van der Waals surface area contributed by atoms with Crippen molar-refractivity contribution in [2.45, 2.75) is 45.4 Å². The van der Waals surface area contributed by atoms with Crippen molar-refractivity contribution in [3.63, 3.8) is 0 Å². The largest absolute Gasteiger partial charge is 0.412 e. The van der Waals surface area contributed by atoms with Gasteiger partial charge in [-0.2, -0.15) is 5.90 Å². The second kappa shape index (κ2) is 6.60. The van der Waals surface area contributed by atoms with Gasteiger partial charge in [-0.25, -0.2) is 0 Å². The highest BCUT2D eigenvalue weighted by atomic mass is 16.6. The van der Waals surface area contributed by atoms with Crippen molar-refractivity contribution in [3.05, 3.63) is 64.6 Å². The van der Waals surface area contributed by atoms with Crippen molar-refractivity contribution >= 4 is 5.69 Å². The van der Waals surface area contributed by atoms with Gasteiger partial charge in [0.1, 0.15) is 11.4 Å². The van der Waals surface area contributed by atoms with Crippen molar-refractivity contribution < 1.29 is 4.84 Å². The Bertz CT molecular complexity index is 737. The molecule has 1 aliphatic rings. The van der Waals surface area contributed by atoms with Gasteiger partial charge >= 0.3 is 0 Å². The van der Waals surface area contributed by atoms with Gasteiger partial charge in [-0.1, -0.05) is 45.0 Å². The SMILES string of the molecule is CC1CC(C)(C)CC(c2ccc(N=O)cc2)(c2ccc(ON)cc2)C1. The van der Waals surface area contributed by atoms with E-state index < -0.39 is 0 Å². The van der Waals surface area contributed by atoms with Gasteiger partial charge in [-0.05, 0) is 71.2 Å². The molecule has 2 aromatic carbocycles. The Balaban J connectivity index is 2.13. The molecule has 25 heavy (non-hydrogen) atoms. The van der Waals surface area contributed by atoms with Crippen molar-refractivity contribution in [2.24, 2.45) is 22.4 Å². The molecule has 0 spiro atoms. The maximum absolute atomic E-state index is 10.8. The molecular formula is C21H26N2O2. The Morgan fingerprint density at radius 3 is 2.04 bits per heavy atom. The Labute approximate surface area is 149 Å². The second-order valence-electron chi connectivity index (χ2n) is 8.22. The molecule has 0 bridgehead atoms. The first-order valence-corrected chi connectivity index (χ1v) is 8.80. The third-order valence-corrected chi connectivity index (χ3v) is 5.45. The van der Waals surface area contributed by atoms with E-state index in [-0.39, 0.29) is 10.8 Å². The topological polar surface area (TPSA) is 64.7 Å². The first-order valence-electron chi connectivity index (χ1n) is 8.80. The summed E-state index contributed by atoms with van der Waals surface area (Å²) >= 11 is 0. The van der Waals surface area contributed by atoms with Crippen LogP contribution in [-0.2, 0) is 5.41 Å². The van der Waals surface area contributed by atoms with Crippen LogP contribution in [0.15, 0.2) is 53.7 Å². The van der Waals surface area contributed by atoms with Crippen LogP contribution in [0.2, 0.25) is 0 Å². The van der Waals surface area contributed by atoms with E-state index in [1.54, 1.807) is 0 Å². The fourth-order valence-electron chi connectivity index (χ4n) is 4.87. The molecule has 2 aromatic rings. The van der Waals surface area contributed by atoms with E-state index in [9.17, 15) is 4.91 Å².